The zero-order valence-electron chi connectivity index (χ0n) is 13.1. The number of carbonyl (C=O) groups is 1. The van der Waals surface area contributed by atoms with Gasteiger partial charge in [-0.25, -0.2) is 0 Å². The Kier molecular flexibility index (Phi) is 5.17. The molecule has 0 saturated heterocycles. The predicted octanol–water partition coefficient (Wildman–Crippen LogP) is 5.55. The molecule has 1 heterocycles. The Labute approximate surface area is 154 Å². The van der Waals surface area contributed by atoms with Crippen LogP contribution in [0.5, 0.6) is 0 Å². The topological polar surface area (TPSA) is 42.0 Å². The summed E-state index contributed by atoms with van der Waals surface area (Å²) in [5, 5.41) is 4.03. The van der Waals surface area contributed by atoms with Crippen molar-refractivity contribution in [2.45, 2.75) is 19.2 Å². The van der Waals surface area contributed by atoms with Gasteiger partial charge in [-0.2, -0.15) is 0 Å². The Bertz CT molecular complexity index is 894. The molecular weight excluding hydrogens is 388 g/mol. The maximum Gasteiger partial charge on any atom is 0.255 e. The molecule has 0 saturated carbocycles. The smallest absolute Gasteiger partial charge is 0.255 e. The normalized spacial score (nSPS) is 10.8. The number of pyridine rings is 1. The van der Waals surface area contributed by atoms with Gasteiger partial charge in [0, 0.05) is 38.8 Å². The van der Waals surface area contributed by atoms with Crippen LogP contribution in [0.15, 0.2) is 53.1 Å². The second-order valence-corrected chi connectivity index (χ2v) is 6.64. The molecule has 0 unspecified atom stereocenters. The van der Waals surface area contributed by atoms with Gasteiger partial charge in [0.15, 0.2) is 0 Å². The highest BCUT2D eigenvalue weighted by Crippen LogP contribution is 2.27. The Morgan fingerprint density at radius 1 is 1.21 bits per heavy atom. The number of alkyl halides is 1. The van der Waals surface area contributed by atoms with Gasteiger partial charge in [-0.15, -0.1) is 11.6 Å². The van der Waals surface area contributed by atoms with Crippen molar-refractivity contribution in [3.63, 3.8) is 0 Å². The molecule has 0 aliphatic rings. The van der Waals surface area contributed by atoms with Crippen LogP contribution < -0.4 is 5.32 Å². The van der Waals surface area contributed by atoms with E-state index in [1.165, 1.54) is 0 Å². The van der Waals surface area contributed by atoms with Crippen molar-refractivity contribution in [1.82, 2.24) is 4.98 Å². The van der Waals surface area contributed by atoms with Gasteiger partial charge in [0.2, 0.25) is 0 Å². The molecule has 0 bridgehead atoms. The van der Waals surface area contributed by atoms with Crippen LogP contribution in [-0.2, 0) is 12.3 Å². The molecule has 1 aromatic heterocycles. The number of nitrogens with zero attached hydrogens (tertiary/aromatic N) is 1. The number of aromatic nitrogens is 1. The van der Waals surface area contributed by atoms with E-state index in [0.717, 1.165) is 38.6 Å². The second-order valence-electron chi connectivity index (χ2n) is 5.46. The summed E-state index contributed by atoms with van der Waals surface area (Å²) < 4.78 is 0.943. The molecule has 0 spiro atoms. The quantitative estimate of drug-likeness (QED) is 0.580. The zero-order valence-corrected chi connectivity index (χ0v) is 15.5. The van der Waals surface area contributed by atoms with Gasteiger partial charge in [0.25, 0.3) is 5.91 Å². The van der Waals surface area contributed by atoms with Gasteiger partial charge < -0.3 is 5.32 Å². The summed E-state index contributed by atoms with van der Waals surface area (Å²) in [7, 11) is 0. The molecule has 1 amide bonds. The Morgan fingerprint density at radius 2 is 1.96 bits per heavy atom. The van der Waals surface area contributed by atoms with Crippen molar-refractivity contribution in [3.05, 3.63) is 69.8 Å². The fourth-order valence-electron chi connectivity index (χ4n) is 2.65. The molecule has 122 valence electrons. The number of aryl methyl sites for hydroxylation is 1. The molecule has 0 fully saturated rings. The highest BCUT2D eigenvalue weighted by atomic mass is 79.9. The van der Waals surface area contributed by atoms with Crippen LogP contribution in [-0.4, -0.2) is 10.9 Å². The molecule has 1 N–H and O–H groups in total. The summed E-state index contributed by atoms with van der Waals surface area (Å²) in [6.45, 7) is 2.06. The highest BCUT2D eigenvalue weighted by molar-refractivity contribution is 9.10. The minimum atomic E-state index is -0.131. The largest absolute Gasteiger partial charge is 0.322 e. The third-order valence-corrected chi connectivity index (χ3v) is 4.71. The maximum absolute atomic E-state index is 12.5. The van der Waals surface area contributed by atoms with E-state index in [4.69, 9.17) is 11.6 Å². The molecule has 3 aromatic rings. The van der Waals surface area contributed by atoms with Crippen LogP contribution in [0.4, 0.5) is 5.69 Å². The first kappa shape index (κ1) is 16.9. The van der Waals surface area contributed by atoms with E-state index in [1.54, 1.807) is 18.3 Å². The van der Waals surface area contributed by atoms with Gasteiger partial charge in [0.1, 0.15) is 0 Å². The molecule has 0 radical (unpaired) electrons. The number of anilines is 1. The summed E-state index contributed by atoms with van der Waals surface area (Å²) in [6, 6.07) is 13.2. The number of nitrogens with one attached hydrogen (secondary N) is 1. The van der Waals surface area contributed by atoms with E-state index in [1.807, 2.05) is 30.3 Å². The summed E-state index contributed by atoms with van der Waals surface area (Å²) in [4.78, 5) is 17.0. The van der Waals surface area contributed by atoms with Crippen molar-refractivity contribution in [1.29, 1.82) is 0 Å². The third-order valence-electron chi connectivity index (χ3n) is 3.88. The number of hydrogen-bond acceptors (Lipinski definition) is 2. The first-order valence-electron chi connectivity index (χ1n) is 7.65. The number of amides is 1. The van der Waals surface area contributed by atoms with Crippen LogP contribution in [0.1, 0.15) is 28.4 Å². The van der Waals surface area contributed by atoms with Crippen LogP contribution >= 0.6 is 27.5 Å². The Morgan fingerprint density at radius 3 is 2.62 bits per heavy atom. The van der Waals surface area contributed by atoms with E-state index in [0.29, 0.717) is 11.4 Å². The van der Waals surface area contributed by atoms with Gasteiger partial charge in [-0.3, -0.25) is 9.78 Å². The predicted molar refractivity (Wildman–Crippen MR) is 103 cm³/mol. The fourth-order valence-corrected chi connectivity index (χ4v) is 3.06. The van der Waals surface area contributed by atoms with Crippen LogP contribution in [0.3, 0.4) is 0 Å². The van der Waals surface area contributed by atoms with Crippen molar-refractivity contribution in [3.8, 4) is 0 Å². The van der Waals surface area contributed by atoms with E-state index in [2.05, 4.69) is 33.2 Å². The average Bonchev–Trinajstić information content (AvgIpc) is 2.61. The monoisotopic (exact) mass is 402 g/mol. The van der Waals surface area contributed by atoms with Gasteiger partial charge in [-0.1, -0.05) is 28.9 Å². The van der Waals surface area contributed by atoms with Gasteiger partial charge >= 0.3 is 0 Å². The molecule has 3 rings (SSSR count). The average molecular weight is 404 g/mol. The molecule has 3 nitrogen and oxygen atoms in total. The van der Waals surface area contributed by atoms with E-state index < -0.39 is 0 Å². The van der Waals surface area contributed by atoms with E-state index >= 15 is 0 Å². The molecule has 2 aromatic carbocycles. The molecule has 0 aliphatic heterocycles. The van der Waals surface area contributed by atoms with Crippen LogP contribution in [0, 0.1) is 0 Å². The lowest BCUT2D eigenvalue weighted by Gasteiger charge is -2.13. The number of carbonyl (C=O) groups excluding carboxylic acids is 1. The lowest BCUT2D eigenvalue weighted by molar-refractivity contribution is 0.102. The Balaban J connectivity index is 1.97. The molecule has 0 atom stereocenters. The molecule has 0 aliphatic carbocycles. The third kappa shape index (κ3) is 3.45. The minimum absolute atomic E-state index is 0.131. The lowest BCUT2D eigenvalue weighted by Crippen LogP contribution is -2.13. The lowest BCUT2D eigenvalue weighted by atomic mass is 10.0. The summed E-state index contributed by atoms with van der Waals surface area (Å²) in [5.74, 6) is 0.306. The summed E-state index contributed by atoms with van der Waals surface area (Å²) in [5.41, 5.74) is 4.33. The van der Waals surface area contributed by atoms with E-state index in [-0.39, 0.29) is 5.91 Å². The number of benzene rings is 2. The van der Waals surface area contributed by atoms with Gasteiger partial charge in [0.05, 0.1) is 5.52 Å². The first-order valence-corrected chi connectivity index (χ1v) is 8.98. The molecular formula is C19H16BrClN2O. The summed E-state index contributed by atoms with van der Waals surface area (Å²) >= 11 is 9.25. The van der Waals surface area contributed by atoms with Crippen molar-refractivity contribution >= 4 is 50.0 Å². The van der Waals surface area contributed by atoms with Crippen molar-refractivity contribution < 1.29 is 4.79 Å². The Hall–Kier alpha value is -1.91. The van der Waals surface area contributed by atoms with Crippen molar-refractivity contribution in [2.24, 2.45) is 0 Å². The summed E-state index contributed by atoms with van der Waals surface area (Å²) in [6.07, 6.45) is 2.56. The number of halogens is 2. The van der Waals surface area contributed by atoms with Crippen LogP contribution in [0.25, 0.3) is 10.9 Å². The number of fused-ring (bicyclic) bond motifs is 1. The number of rotatable bonds is 4. The SMILES string of the molecule is CCc1c(NC(=O)c2ccc(Br)cc2)ccc2cc(CCl)cnc12. The number of hydrogen-bond donors (Lipinski definition) is 1. The van der Waals surface area contributed by atoms with Gasteiger partial charge in [-0.05, 0) is 48.4 Å². The van der Waals surface area contributed by atoms with Crippen molar-refractivity contribution in [2.75, 3.05) is 5.32 Å². The molecule has 24 heavy (non-hydrogen) atoms. The van der Waals surface area contributed by atoms with Crippen LogP contribution in [0.2, 0.25) is 0 Å². The first-order chi connectivity index (χ1) is 11.6. The second kappa shape index (κ2) is 7.32. The fraction of sp³-hybridized carbons (Fsp3) is 0.158. The standard InChI is InChI=1S/C19H16BrClN2O/c1-2-16-17(23-19(24)13-3-6-15(20)7-4-13)8-5-14-9-12(10-21)11-22-18(14)16/h3-9,11H,2,10H2,1H3,(H,23,24). The maximum atomic E-state index is 12.5. The molecule has 5 heteroatoms. The van der Waals surface area contributed by atoms with E-state index in [9.17, 15) is 4.79 Å². The zero-order chi connectivity index (χ0) is 17.1. The minimum Gasteiger partial charge on any atom is -0.322 e. The highest BCUT2D eigenvalue weighted by Gasteiger charge is 2.12.